The number of carbonyl (C=O) groups is 1. The number of allylic oxidation sites excluding steroid dienone is 1. The second kappa shape index (κ2) is 7.98. The van der Waals surface area contributed by atoms with Crippen LogP contribution in [-0.2, 0) is 4.79 Å². The van der Waals surface area contributed by atoms with Gasteiger partial charge in [-0.25, -0.2) is 9.98 Å². The molecule has 1 aliphatic heterocycles. The first-order valence-electron chi connectivity index (χ1n) is 9.93. The van der Waals surface area contributed by atoms with E-state index in [4.69, 9.17) is 4.98 Å². The van der Waals surface area contributed by atoms with Crippen LogP contribution in [0, 0.1) is 0 Å². The fraction of sp³-hybridized carbons (Fsp3) is 0.381. The summed E-state index contributed by atoms with van der Waals surface area (Å²) in [5, 5.41) is 3.24. The number of fused-ring (bicyclic) bond motifs is 1. The average molecular weight is 391 g/mol. The van der Waals surface area contributed by atoms with E-state index in [9.17, 15) is 4.79 Å². The smallest absolute Gasteiger partial charge is 0.249 e. The van der Waals surface area contributed by atoms with E-state index in [2.05, 4.69) is 25.2 Å². The molecule has 8 nitrogen and oxygen atoms in total. The molecule has 0 saturated heterocycles. The molecule has 0 spiro atoms. The maximum absolute atomic E-state index is 12.8. The second-order valence-electron chi connectivity index (χ2n) is 7.18. The Morgan fingerprint density at radius 3 is 2.76 bits per heavy atom. The van der Waals surface area contributed by atoms with Gasteiger partial charge >= 0.3 is 0 Å². The van der Waals surface area contributed by atoms with Gasteiger partial charge in [-0.3, -0.25) is 9.78 Å². The lowest BCUT2D eigenvalue weighted by Crippen LogP contribution is -2.53. The van der Waals surface area contributed by atoms with Gasteiger partial charge in [0.2, 0.25) is 11.9 Å². The van der Waals surface area contributed by atoms with E-state index in [0.717, 1.165) is 36.3 Å². The van der Waals surface area contributed by atoms with Crippen LogP contribution >= 0.6 is 0 Å². The Morgan fingerprint density at radius 1 is 1.34 bits per heavy atom. The number of pyridine rings is 1. The molecule has 1 saturated carbocycles. The highest BCUT2D eigenvalue weighted by molar-refractivity contribution is 6.08. The van der Waals surface area contributed by atoms with Crippen LogP contribution in [0.25, 0.3) is 0 Å². The van der Waals surface area contributed by atoms with Gasteiger partial charge in [0.05, 0.1) is 6.20 Å². The van der Waals surface area contributed by atoms with Crippen molar-refractivity contribution < 1.29 is 4.79 Å². The number of aromatic nitrogens is 3. The minimum atomic E-state index is -0.181. The average Bonchev–Trinajstić information content (AvgIpc) is 3.59. The standard InChI is InChI=1S/C21H25N7O/c1-4-10-23-18(14-8-11-22-12-9-14)25-21-24-13-17-19(26-21)28(15-6-7-15)16(5-2)20(29)27(17)3/h4,8-13,15-16H,5-7H2,1-3H3,(H,23,24,25,26)/b10-4-/t16-/m1/s1. The Bertz CT molecular complexity index is 953. The van der Waals surface area contributed by atoms with Gasteiger partial charge < -0.3 is 15.1 Å². The quantitative estimate of drug-likeness (QED) is 0.623. The van der Waals surface area contributed by atoms with Crippen molar-refractivity contribution in [3.05, 3.63) is 48.6 Å². The zero-order valence-electron chi connectivity index (χ0n) is 16.9. The molecule has 2 aromatic heterocycles. The molecular formula is C21H25N7O. The van der Waals surface area contributed by atoms with Crippen LogP contribution in [0.3, 0.4) is 0 Å². The van der Waals surface area contributed by atoms with E-state index in [1.807, 2.05) is 32.1 Å². The molecule has 150 valence electrons. The molecular weight excluding hydrogens is 366 g/mol. The molecule has 0 bridgehead atoms. The van der Waals surface area contributed by atoms with E-state index >= 15 is 0 Å². The maximum Gasteiger partial charge on any atom is 0.249 e. The highest BCUT2D eigenvalue weighted by Gasteiger charge is 2.44. The van der Waals surface area contributed by atoms with Gasteiger partial charge in [0.25, 0.3) is 0 Å². The molecule has 0 aromatic carbocycles. The summed E-state index contributed by atoms with van der Waals surface area (Å²) in [6.07, 6.45) is 11.7. The molecule has 2 aliphatic rings. The largest absolute Gasteiger partial charge is 0.340 e. The number of aliphatic imine (C=N–C) groups is 1. The highest BCUT2D eigenvalue weighted by atomic mass is 16.2. The van der Waals surface area contributed by atoms with Crippen molar-refractivity contribution in [3.8, 4) is 0 Å². The van der Waals surface area contributed by atoms with Gasteiger partial charge in [-0.2, -0.15) is 4.98 Å². The monoisotopic (exact) mass is 391 g/mol. The Hall–Kier alpha value is -3.29. The molecule has 0 unspecified atom stereocenters. The van der Waals surface area contributed by atoms with Crippen molar-refractivity contribution in [1.29, 1.82) is 0 Å². The lowest BCUT2D eigenvalue weighted by molar-refractivity contribution is -0.120. The first-order chi connectivity index (χ1) is 14.1. The number of nitrogens with one attached hydrogen (secondary N) is 1. The van der Waals surface area contributed by atoms with Crippen LogP contribution in [0.15, 0.2) is 48.0 Å². The topological polar surface area (TPSA) is 86.6 Å². The number of rotatable bonds is 5. The van der Waals surface area contributed by atoms with Gasteiger partial charge in [0.15, 0.2) is 5.82 Å². The van der Waals surface area contributed by atoms with Gasteiger partial charge in [-0.1, -0.05) is 13.0 Å². The predicted molar refractivity (Wildman–Crippen MR) is 114 cm³/mol. The summed E-state index contributed by atoms with van der Waals surface area (Å²) >= 11 is 0. The van der Waals surface area contributed by atoms with Crippen molar-refractivity contribution in [1.82, 2.24) is 15.0 Å². The number of hydrogen-bond acceptors (Lipinski definition) is 6. The van der Waals surface area contributed by atoms with Crippen LogP contribution < -0.4 is 15.1 Å². The summed E-state index contributed by atoms with van der Waals surface area (Å²) in [5.74, 6) is 1.99. The zero-order chi connectivity index (χ0) is 20.4. The molecule has 1 N–H and O–H groups in total. The molecule has 29 heavy (non-hydrogen) atoms. The number of anilines is 3. The fourth-order valence-corrected chi connectivity index (χ4v) is 3.56. The number of hydrogen-bond donors (Lipinski definition) is 1. The predicted octanol–water partition coefficient (Wildman–Crippen LogP) is 2.99. The second-order valence-corrected chi connectivity index (χ2v) is 7.18. The molecule has 4 rings (SSSR count). The minimum Gasteiger partial charge on any atom is -0.340 e. The summed E-state index contributed by atoms with van der Waals surface area (Å²) in [7, 11) is 1.79. The summed E-state index contributed by atoms with van der Waals surface area (Å²) in [4.78, 5) is 34.5. The molecule has 8 heteroatoms. The number of carbonyl (C=O) groups excluding carboxylic acids is 1. The molecule has 3 heterocycles. The van der Waals surface area contributed by atoms with Gasteiger partial charge in [-0.15, -0.1) is 0 Å². The van der Waals surface area contributed by atoms with Crippen LogP contribution in [0.4, 0.5) is 17.5 Å². The van der Waals surface area contributed by atoms with E-state index in [0.29, 0.717) is 17.8 Å². The van der Waals surface area contributed by atoms with E-state index < -0.39 is 0 Å². The van der Waals surface area contributed by atoms with Crippen molar-refractivity contribution >= 4 is 29.2 Å². The van der Waals surface area contributed by atoms with Crippen LogP contribution in [-0.4, -0.2) is 45.8 Å². The van der Waals surface area contributed by atoms with Gasteiger partial charge in [-0.05, 0) is 38.3 Å². The first-order valence-corrected chi connectivity index (χ1v) is 9.93. The van der Waals surface area contributed by atoms with E-state index in [1.165, 1.54) is 0 Å². The maximum atomic E-state index is 12.8. The number of amides is 1. The molecule has 1 fully saturated rings. The van der Waals surface area contributed by atoms with Gasteiger partial charge in [0.1, 0.15) is 17.6 Å². The van der Waals surface area contributed by atoms with Crippen LogP contribution in [0.1, 0.15) is 38.7 Å². The van der Waals surface area contributed by atoms with Gasteiger partial charge in [0, 0.05) is 37.2 Å². The van der Waals surface area contributed by atoms with Crippen molar-refractivity contribution in [2.45, 2.75) is 45.2 Å². The lowest BCUT2D eigenvalue weighted by atomic mass is 10.1. The Balaban J connectivity index is 1.71. The number of likely N-dealkylation sites (N-methyl/N-ethyl adjacent to an activating group) is 1. The van der Waals surface area contributed by atoms with Crippen molar-refractivity contribution in [3.63, 3.8) is 0 Å². The zero-order valence-corrected chi connectivity index (χ0v) is 16.9. The third-order valence-electron chi connectivity index (χ3n) is 5.17. The number of nitrogens with zero attached hydrogens (tertiary/aromatic N) is 6. The van der Waals surface area contributed by atoms with E-state index in [1.54, 1.807) is 36.7 Å². The Morgan fingerprint density at radius 2 is 2.10 bits per heavy atom. The van der Waals surface area contributed by atoms with E-state index in [-0.39, 0.29) is 11.9 Å². The first kappa shape index (κ1) is 19.0. The summed E-state index contributed by atoms with van der Waals surface area (Å²) < 4.78 is 0. The summed E-state index contributed by atoms with van der Waals surface area (Å²) in [6, 6.07) is 3.95. The molecule has 1 aliphatic carbocycles. The normalized spacial score (nSPS) is 19.6. The number of amidine groups is 1. The summed E-state index contributed by atoms with van der Waals surface area (Å²) in [5.41, 5.74) is 1.63. The highest BCUT2D eigenvalue weighted by Crippen LogP contribution is 2.41. The third kappa shape index (κ3) is 3.70. The summed E-state index contributed by atoms with van der Waals surface area (Å²) in [6.45, 7) is 3.96. The minimum absolute atomic E-state index is 0.100. The van der Waals surface area contributed by atoms with Crippen molar-refractivity contribution in [2.24, 2.45) is 4.99 Å². The van der Waals surface area contributed by atoms with Crippen LogP contribution in [0.5, 0.6) is 0 Å². The fourth-order valence-electron chi connectivity index (χ4n) is 3.56. The lowest BCUT2D eigenvalue weighted by Gasteiger charge is -2.40. The molecule has 0 radical (unpaired) electrons. The Labute approximate surface area is 170 Å². The SMILES string of the molecule is C/C=C\N=C(Nc1ncc2c(n1)N(C1CC1)[C@H](CC)C(=O)N2C)c1ccncc1. The van der Waals surface area contributed by atoms with Crippen LogP contribution in [0.2, 0.25) is 0 Å². The third-order valence-corrected chi connectivity index (χ3v) is 5.17. The Kier molecular flexibility index (Phi) is 5.24. The molecule has 1 amide bonds. The molecule has 1 atom stereocenters. The molecule has 2 aromatic rings. The van der Waals surface area contributed by atoms with Crippen molar-refractivity contribution in [2.75, 3.05) is 22.2 Å².